The standard InChI is InChI=1S/C13H22N4OS/c1-5-8(4)19-13-11(12(14)17-18)9(6-2)10(7-3)15-16-13/h8,18H,5-7H2,1-4H3,(H2,14,17). The van der Waals surface area contributed by atoms with E-state index in [-0.39, 0.29) is 5.84 Å². The van der Waals surface area contributed by atoms with Crippen LogP contribution in [0.2, 0.25) is 0 Å². The van der Waals surface area contributed by atoms with Gasteiger partial charge in [-0.1, -0.05) is 32.9 Å². The molecule has 0 spiro atoms. The van der Waals surface area contributed by atoms with E-state index in [0.29, 0.717) is 5.25 Å². The third-order valence-corrected chi connectivity index (χ3v) is 4.31. The molecule has 0 fully saturated rings. The van der Waals surface area contributed by atoms with E-state index in [4.69, 9.17) is 10.9 Å². The van der Waals surface area contributed by atoms with Gasteiger partial charge in [0.2, 0.25) is 0 Å². The monoisotopic (exact) mass is 282 g/mol. The first-order valence-electron chi connectivity index (χ1n) is 6.61. The number of thioether (sulfide) groups is 1. The van der Waals surface area contributed by atoms with Crippen LogP contribution in [0, 0.1) is 0 Å². The van der Waals surface area contributed by atoms with Crippen molar-refractivity contribution in [2.24, 2.45) is 10.9 Å². The number of aromatic nitrogens is 2. The molecule has 19 heavy (non-hydrogen) atoms. The maximum Gasteiger partial charge on any atom is 0.173 e. The molecule has 0 aromatic carbocycles. The van der Waals surface area contributed by atoms with Crippen LogP contribution in [0.3, 0.4) is 0 Å². The fourth-order valence-corrected chi connectivity index (χ4v) is 2.81. The lowest BCUT2D eigenvalue weighted by Crippen LogP contribution is -2.20. The van der Waals surface area contributed by atoms with Crippen LogP contribution in [0.5, 0.6) is 0 Å². The van der Waals surface area contributed by atoms with Crippen LogP contribution in [-0.4, -0.2) is 26.5 Å². The minimum atomic E-state index is 0.118. The van der Waals surface area contributed by atoms with Crippen molar-refractivity contribution in [2.75, 3.05) is 0 Å². The third-order valence-electron chi connectivity index (χ3n) is 3.07. The maximum atomic E-state index is 8.99. The number of hydrogen-bond acceptors (Lipinski definition) is 5. The molecule has 0 bridgehead atoms. The molecular weight excluding hydrogens is 260 g/mol. The zero-order valence-electron chi connectivity index (χ0n) is 12.0. The van der Waals surface area contributed by atoms with Gasteiger partial charge >= 0.3 is 0 Å². The highest BCUT2D eigenvalue weighted by Crippen LogP contribution is 2.29. The van der Waals surface area contributed by atoms with Gasteiger partial charge in [0.05, 0.1) is 11.3 Å². The lowest BCUT2D eigenvalue weighted by atomic mass is 10.0. The second-order valence-corrected chi connectivity index (χ2v) is 5.76. The van der Waals surface area contributed by atoms with Crippen LogP contribution in [0.15, 0.2) is 10.2 Å². The summed E-state index contributed by atoms with van der Waals surface area (Å²) in [7, 11) is 0. The van der Waals surface area contributed by atoms with Crippen molar-refractivity contribution in [3.8, 4) is 0 Å². The molecule has 3 N–H and O–H groups in total. The zero-order chi connectivity index (χ0) is 14.4. The van der Waals surface area contributed by atoms with E-state index in [9.17, 15) is 0 Å². The Hall–Kier alpha value is -1.30. The molecule has 0 amide bonds. The summed E-state index contributed by atoms with van der Waals surface area (Å²) < 4.78 is 0. The van der Waals surface area contributed by atoms with Gasteiger partial charge in [0, 0.05) is 5.25 Å². The molecule has 106 valence electrons. The first-order chi connectivity index (χ1) is 9.08. The molecule has 0 saturated carbocycles. The normalized spacial score (nSPS) is 13.6. The van der Waals surface area contributed by atoms with Gasteiger partial charge in [0.1, 0.15) is 5.03 Å². The van der Waals surface area contributed by atoms with E-state index < -0.39 is 0 Å². The largest absolute Gasteiger partial charge is 0.409 e. The summed E-state index contributed by atoms with van der Waals surface area (Å²) in [5, 5.41) is 21.8. The average molecular weight is 282 g/mol. The minimum Gasteiger partial charge on any atom is -0.409 e. The summed E-state index contributed by atoms with van der Waals surface area (Å²) in [6.45, 7) is 8.32. The summed E-state index contributed by atoms with van der Waals surface area (Å²) in [4.78, 5) is 0. The predicted octanol–water partition coefficient (Wildman–Crippen LogP) is 2.59. The molecule has 0 aliphatic rings. The van der Waals surface area contributed by atoms with Crippen molar-refractivity contribution >= 4 is 17.6 Å². The first kappa shape index (κ1) is 15.8. The average Bonchev–Trinajstić information content (AvgIpc) is 2.45. The van der Waals surface area contributed by atoms with E-state index >= 15 is 0 Å². The Balaban J connectivity index is 3.38. The molecule has 1 heterocycles. The van der Waals surface area contributed by atoms with Gasteiger partial charge in [0.15, 0.2) is 5.84 Å². The molecule has 0 saturated heterocycles. The van der Waals surface area contributed by atoms with Crippen molar-refractivity contribution in [2.45, 2.75) is 57.2 Å². The number of nitrogens with two attached hydrogens (primary N) is 1. The zero-order valence-corrected chi connectivity index (χ0v) is 12.8. The van der Waals surface area contributed by atoms with Gasteiger partial charge in [-0.25, -0.2) is 0 Å². The van der Waals surface area contributed by atoms with Crippen LogP contribution >= 0.6 is 11.8 Å². The summed E-state index contributed by atoms with van der Waals surface area (Å²) in [5.41, 5.74) is 8.51. The molecule has 1 unspecified atom stereocenters. The number of rotatable bonds is 6. The van der Waals surface area contributed by atoms with Gasteiger partial charge in [0.25, 0.3) is 0 Å². The highest BCUT2D eigenvalue weighted by molar-refractivity contribution is 7.99. The Morgan fingerprint density at radius 3 is 2.47 bits per heavy atom. The molecule has 1 aromatic rings. The van der Waals surface area contributed by atoms with E-state index in [1.165, 1.54) is 0 Å². The van der Waals surface area contributed by atoms with E-state index in [0.717, 1.165) is 41.1 Å². The molecule has 1 aromatic heterocycles. The lowest BCUT2D eigenvalue weighted by Gasteiger charge is -2.15. The summed E-state index contributed by atoms with van der Waals surface area (Å²) in [5.74, 6) is 0.118. The van der Waals surface area contributed by atoms with E-state index in [1.54, 1.807) is 11.8 Å². The summed E-state index contributed by atoms with van der Waals surface area (Å²) in [6, 6.07) is 0. The highest BCUT2D eigenvalue weighted by atomic mass is 32.2. The van der Waals surface area contributed by atoms with Crippen molar-refractivity contribution in [3.63, 3.8) is 0 Å². The van der Waals surface area contributed by atoms with Crippen LogP contribution in [0.1, 0.15) is 50.9 Å². The van der Waals surface area contributed by atoms with E-state index in [2.05, 4.69) is 29.2 Å². The van der Waals surface area contributed by atoms with Crippen LogP contribution < -0.4 is 5.73 Å². The molecule has 1 rings (SSSR count). The van der Waals surface area contributed by atoms with Crippen molar-refractivity contribution in [1.82, 2.24) is 10.2 Å². The maximum absolute atomic E-state index is 8.99. The highest BCUT2D eigenvalue weighted by Gasteiger charge is 2.19. The quantitative estimate of drug-likeness (QED) is 0.275. The second kappa shape index (κ2) is 7.33. The topological polar surface area (TPSA) is 84.4 Å². The summed E-state index contributed by atoms with van der Waals surface area (Å²) in [6.07, 6.45) is 2.60. The van der Waals surface area contributed by atoms with Gasteiger partial charge in [-0.3, -0.25) is 0 Å². The number of hydrogen-bond donors (Lipinski definition) is 2. The molecule has 0 aliphatic heterocycles. The van der Waals surface area contributed by atoms with Crippen molar-refractivity contribution in [1.29, 1.82) is 0 Å². The Labute approximate surface area is 118 Å². The molecular formula is C13H22N4OS. The molecule has 5 nitrogen and oxygen atoms in total. The number of amidine groups is 1. The van der Waals surface area contributed by atoms with Crippen molar-refractivity contribution in [3.05, 3.63) is 16.8 Å². The number of nitrogens with zero attached hydrogens (tertiary/aromatic N) is 3. The lowest BCUT2D eigenvalue weighted by molar-refractivity contribution is 0.318. The van der Waals surface area contributed by atoms with Gasteiger partial charge in [-0.05, 0) is 24.8 Å². The third kappa shape index (κ3) is 3.59. The smallest absolute Gasteiger partial charge is 0.173 e. The fraction of sp³-hybridized carbons (Fsp3) is 0.615. The van der Waals surface area contributed by atoms with Gasteiger partial charge in [-0.15, -0.1) is 16.9 Å². The Morgan fingerprint density at radius 2 is 2.00 bits per heavy atom. The number of oxime groups is 1. The van der Waals surface area contributed by atoms with Crippen LogP contribution in [0.4, 0.5) is 0 Å². The van der Waals surface area contributed by atoms with E-state index in [1.807, 2.05) is 13.8 Å². The van der Waals surface area contributed by atoms with Crippen LogP contribution in [0.25, 0.3) is 0 Å². The fourth-order valence-electron chi connectivity index (χ4n) is 1.82. The second-order valence-electron chi connectivity index (χ2n) is 4.33. The predicted molar refractivity (Wildman–Crippen MR) is 78.9 cm³/mol. The number of aryl methyl sites for hydroxylation is 1. The Morgan fingerprint density at radius 1 is 1.32 bits per heavy atom. The molecule has 0 radical (unpaired) electrons. The molecule has 1 atom stereocenters. The Bertz CT molecular complexity index is 462. The molecule has 6 heteroatoms. The summed E-state index contributed by atoms with van der Waals surface area (Å²) >= 11 is 1.62. The van der Waals surface area contributed by atoms with Gasteiger partial charge < -0.3 is 10.9 Å². The van der Waals surface area contributed by atoms with Crippen molar-refractivity contribution < 1.29 is 5.21 Å². The van der Waals surface area contributed by atoms with Gasteiger partial charge in [-0.2, -0.15) is 5.10 Å². The first-order valence-corrected chi connectivity index (χ1v) is 7.49. The molecule has 0 aliphatic carbocycles. The SMILES string of the molecule is CCc1nnc(SC(C)CC)c(C(N)=NO)c1CC. The minimum absolute atomic E-state index is 0.118. The van der Waals surface area contributed by atoms with Crippen LogP contribution in [-0.2, 0) is 12.8 Å². The Kier molecular flexibility index (Phi) is 6.08.